The molecule has 98 valence electrons. The fourth-order valence-corrected chi connectivity index (χ4v) is 2.65. The van der Waals surface area contributed by atoms with Crippen LogP contribution >= 0.6 is 0 Å². The van der Waals surface area contributed by atoms with Gasteiger partial charge in [-0.3, -0.25) is 0 Å². The molecule has 0 aliphatic heterocycles. The number of nitrogens with one attached hydrogen (secondary N) is 1. The topological polar surface area (TPSA) is 21.3 Å². The zero-order chi connectivity index (χ0) is 13.1. The Morgan fingerprint density at radius 3 is 2.26 bits per heavy atom. The first-order valence-electron chi connectivity index (χ1n) is 6.80. The second-order valence-corrected chi connectivity index (χ2v) is 5.15. The molecule has 0 unspecified atom stereocenters. The average molecular weight is 253 g/mol. The summed E-state index contributed by atoms with van der Waals surface area (Å²) in [4.78, 5) is 0. The highest BCUT2D eigenvalue weighted by molar-refractivity contribution is 5.44. The van der Waals surface area contributed by atoms with Crippen molar-refractivity contribution in [3.63, 3.8) is 0 Å². The van der Waals surface area contributed by atoms with Crippen LogP contribution in [0.3, 0.4) is 0 Å². The van der Waals surface area contributed by atoms with Crippen molar-refractivity contribution in [1.82, 2.24) is 0 Å². The molecule has 0 saturated heterocycles. The minimum Gasteiger partial charge on any atom is -0.497 e. The molecule has 0 atom stereocenters. The third kappa shape index (κ3) is 2.73. The molecule has 0 spiro atoms. The van der Waals surface area contributed by atoms with Crippen molar-refractivity contribution in [3.05, 3.63) is 60.2 Å². The maximum Gasteiger partial charge on any atom is 0.118 e. The van der Waals surface area contributed by atoms with Gasteiger partial charge in [0.2, 0.25) is 0 Å². The summed E-state index contributed by atoms with van der Waals surface area (Å²) in [6, 6.07) is 19.5. The molecule has 0 radical (unpaired) electrons. The number of methoxy groups -OCH3 is 1. The summed E-state index contributed by atoms with van der Waals surface area (Å²) >= 11 is 0. The Kier molecular flexibility index (Phi) is 3.41. The van der Waals surface area contributed by atoms with Gasteiger partial charge in [0.05, 0.1) is 7.11 Å². The summed E-state index contributed by atoms with van der Waals surface area (Å²) in [5, 5.41) is 3.58. The van der Waals surface area contributed by atoms with Gasteiger partial charge in [-0.25, -0.2) is 0 Å². The lowest BCUT2D eigenvalue weighted by atomic mass is 9.76. The van der Waals surface area contributed by atoms with Crippen molar-refractivity contribution in [3.8, 4) is 5.75 Å². The molecular weight excluding hydrogens is 234 g/mol. The van der Waals surface area contributed by atoms with E-state index in [0.717, 1.165) is 5.75 Å². The van der Waals surface area contributed by atoms with Crippen LogP contribution in [0.25, 0.3) is 0 Å². The molecule has 0 amide bonds. The van der Waals surface area contributed by atoms with Crippen LogP contribution in [0, 0.1) is 0 Å². The fourth-order valence-electron chi connectivity index (χ4n) is 2.65. The van der Waals surface area contributed by atoms with Crippen molar-refractivity contribution in [1.29, 1.82) is 0 Å². The number of hydrogen-bond acceptors (Lipinski definition) is 2. The molecule has 0 heterocycles. The van der Waals surface area contributed by atoms with Gasteiger partial charge in [-0.15, -0.1) is 0 Å². The summed E-state index contributed by atoms with van der Waals surface area (Å²) in [5.41, 5.74) is 2.65. The lowest BCUT2D eigenvalue weighted by molar-refractivity contribution is 0.373. The lowest BCUT2D eigenvalue weighted by Gasteiger charge is -2.37. The second-order valence-electron chi connectivity index (χ2n) is 5.15. The monoisotopic (exact) mass is 253 g/mol. The normalized spacial score (nSPS) is 21.5. The Hall–Kier alpha value is -1.96. The zero-order valence-corrected chi connectivity index (χ0v) is 11.2. The molecule has 1 aliphatic rings. The van der Waals surface area contributed by atoms with Crippen molar-refractivity contribution < 1.29 is 4.74 Å². The van der Waals surface area contributed by atoms with Crippen LogP contribution in [0.1, 0.15) is 24.3 Å². The average Bonchev–Trinajstić information content (AvgIpc) is 2.44. The summed E-state index contributed by atoms with van der Waals surface area (Å²) in [7, 11) is 1.71. The summed E-state index contributed by atoms with van der Waals surface area (Å²) in [5.74, 6) is 1.62. The van der Waals surface area contributed by atoms with Crippen molar-refractivity contribution >= 4 is 5.69 Å². The van der Waals surface area contributed by atoms with Crippen LogP contribution in [0.4, 0.5) is 5.69 Å². The molecule has 2 aromatic rings. The van der Waals surface area contributed by atoms with Crippen LogP contribution in [0.15, 0.2) is 54.6 Å². The standard InChI is InChI=1S/C17H19NO/c1-19-17-9-7-13(8-10-17)14-11-16(12-14)18-15-5-3-2-4-6-15/h2-10,14,16,18H,11-12H2,1H3. The third-order valence-corrected chi connectivity index (χ3v) is 3.87. The molecule has 3 rings (SSSR count). The van der Waals surface area contributed by atoms with E-state index in [9.17, 15) is 0 Å². The molecule has 0 bridgehead atoms. The van der Waals surface area contributed by atoms with E-state index in [4.69, 9.17) is 4.74 Å². The van der Waals surface area contributed by atoms with Gasteiger partial charge < -0.3 is 10.1 Å². The maximum atomic E-state index is 5.19. The lowest BCUT2D eigenvalue weighted by Crippen LogP contribution is -2.33. The van der Waals surface area contributed by atoms with E-state index in [1.165, 1.54) is 24.1 Å². The molecule has 2 heteroatoms. The van der Waals surface area contributed by atoms with E-state index >= 15 is 0 Å². The number of benzene rings is 2. The predicted molar refractivity (Wildman–Crippen MR) is 78.8 cm³/mol. The van der Waals surface area contributed by atoms with E-state index in [-0.39, 0.29) is 0 Å². The SMILES string of the molecule is COc1ccc(C2CC(Nc3ccccc3)C2)cc1. The zero-order valence-electron chi connectivity index (χ0n) is 11.2. The molecular formula is C17H19NO. The Morgan fingerprint density at radius 2 is 1.63 bits per heavy atom. The van der Waals surface area contributed by atoms with Crippen molar-refractivity contribution in [2.45, 2.75) is 24.8 Å². The number of rotatable bonds is 4. The van der Waals surface area contributed by atoms with E-state index in [1.54, 1.807) is 7.11 Å². The van der Waals surface area contributed by atoms with Gasteiger partial charge in [-0.05, 0) is 48.6 Å². The van der Waals surface area contributed by atoms with Gasteiger partial charge in [-0.1, -0.05) is 30.3 Å². The minimum atomic E-state index is 0.606. The number of hydrogen-bond donors (Lipinski definition) is 1. The van der Waals surface area contributed by atoms with Crippen molar-refractivity contribution in [2.75, 3.05) is 12.4 Å². The van der Waals surface area contributed by atoms with Crippen LogP contribution in [-0.2, 0) is 0 Å². The first-order chi connectivity index (χ1) is 9.35. The summed E-state index contributed by atoms with van der Waals surface area (Å²) in [6.07, 6.45) is 2.42. The van der Waals surface area contributed by atoms with Gasteiger partial charge in [0.1, 0.15) is 5.75 Å². The minimum absolute atomic E-state index is 0.606. The van der Waals surface area contributed by atoms with E-state index in [1.807, 2.05) is 18.2 Å². The van der Waals surface area contributed by atoms with Gasteiger partial charge in [0, 0.05) is 11.7 Å². The molecule has 1 saturated carbocycles. The number of anilines is 1. The molecule has 1 N–H and O–H groups in total. The van der Waals surface area contributed by atoms with Crippen LogP contribution < -0.4 is 10.1 Å². The molecule has 1 fully saturated rings. The molecule has 0 aromatic heterocycles. The quantitative estimate of drug-likeness (QED) is 0.887. The first-order valence-corrected chi connectivity index (χ1v) is 6.80. The van der Waals surface area contributed by atoms with Gasteiger partial charge >= 0.3 is 0 Å². The van der Waals surface area contributed by atoms with Crippen LogP contribution in [0.2, 0.25) is 0 Å². The molecule has 1 aliphatic carbocycles. The van der Waals surface area contributed by atoms with E-state index in [0.29, 0.717) is 12.0 Å². The van der Waals surface area contributed by atoms with Gasteiger partial charge in [0.25, 0.3) is 0 Å². The molecule has 2 aromatic carbocycles. The Bertz CT molecular complexity index is 515. The summed E-state index contributed by atoms with van der Waals surface area (Å²) in [6.45, 7) is 0. The first kappa shape index (κ1) is 12.1. The second kappa shape index (κ2) is 5.35. The Morgan fingerprint density at radius 1 is 0.947 bits per heavy atom. The van der Waals surface area contributed by atoms with Crippen molar-refractivity contribution in [2.24, 2.45) is 0 Å². The highest BCUT2D eigenvalue weighted by atomic mass is 16.5. The van der Waals surface area contributed by atoms with E-state index in [2.05, 4.69) is 41.7 Å². The molecule has 19 heavy (non-hydrogen) atoms. The largest absolute Gasteiger partial charge is 0.497 e. The van der Waals surface area contributed by atoms with Gasteiger partial charge in [-0.2, -0.15) is 0 Å². The Balaban J connectivity index is 1.54. The van der Waals surface area contributed by atoms with Gasteiger partial charge in [0.15, 0.2) is 0 Å². The maximum absolute atomic E-state index is 5.19. The van der Waals surface area contributed by atoms with Crippen LogP contribution in [0.5, 0.6) is 5.75 Å². The van der Waals surface area contributed by atoms with Crippen LogP contribution in [-0.4, -0.2) is 13.2 Å². The Labute approximate surface area is 114 Å². The highest BCUT2D eigenvalue weighted by Gasteiger charge is 2.29. The third-order valence-electron chi connectivity index (χ3n) is 3.87. The fraction of sp³-hybridized carbons (Fsp3) is 0.294. The predicted octanol–water partition coefficient (Wildman–Crippen LogP) is 4.05. The van der Waals surface area contributed by atoms with E-state index < -0.39 is 0 Å². The molecule has 2 nitrogen and oxygen atoms in total. The highest BCUT2D eigenvalue weighted by Crippen LogP contribution is 2.38. The number of ether oxygens (including phenoxy) is 1. The number of para-hydroxylation sites is 1. The summed E-state index contributed by atoms with van der Waals surface area (Å²) < 4.78 is 5.19. The smallest absolute Gasteiger partial charge is 0.118 e.